The van der Waals surface area contributed by atoms with E-state index in [1.54, 1.807) is 36.4 Å². The van der Waals surface area contributed by atoms with E-state index in [1.165, 1.54) is 12.1 Å². The molecule has 0 bridgehead atoms. The third kappa shape index (κ3) is 5.31. The van der Waals surface area contributed by atoms with Crippen LogP contribution in [-0.4, -0.2) is 11.1 Å². The first-order chi connectivity index (χ1) is 13.0. The average molecular weight is 430 g/mol. The monoisotopic (exact) mass is 429 g/mol. The second-order valence-electron chi connectivity index (χ2n) is 5.91. The Bertz CT molecular complexity index is 962. The van der Waals surface area contributed by atoms with Crippen molar-refractivity contribution in [1.82, 2.24) is 0 Å². The summed E-state index contributed by atoms with van der Waals surface area (Å²) in [7, 11) is 0. The number of carbonyl (C=O) groups is 1. The number of hydrogen-bond acceptors (Lipinski definition) is 3. The molecular formula is C21H17BrFNO3. The van der Waals surface area contributed by atoms with E-state index in [0.29, 0.717) is 18.0 Å². The molecule has 27 heavy (non-hydrogen) atoms. The predicted molar refractivity (Wildman–Crippen MR) is 106 cm³/mol. The quantitative estimate of drug-likeness (QED) is 0.522. The van der Waals surface area contributed by atoms with Crippen molar-refractivity contribution < 1.29 is 19.0 Å². The van der Waals surface area contributed by atoms with Crippen molar-refractivity contribution >= 4 is 27.6 Å². The first-order valence-corrected chi connectivity index (χ1v) is 9.03. The van der Waals surface area contributed by atoms with Crippen molar-refractivity contribution in [3.63, 3.8) is 0 Å². The first-order valence-electron chi connectivity index (χ1n) is 8.24. The largest absolute Gasteiger partial charge is 0.489 e. The molecule has 3 rings (SSSR count). The number of nitrogens with one attached hydrogen (secondary N) is 1. The van der Waals surface area contributed by atoms with Gasteiger partial charge in [-0.15, -0.1) is 0 Å². The van der Waals surface area contributed by atoms with Gasteiger partial charge in [0.05, 0.1) is 5.56 Å². The van der Waals surface area contributed by atoms with Crippen LogP contribution in [0.25, 0.3) is 0 Å². The molecule has 0 unspecified atom stereocenters. The molecule has 0 heterocycles. The van der Waals surface area contributed by atoms with Gasteiger partial charge >= 0.3 is 5.97 Å². The maximum Gasteiger partial charge on any atom is 0.335 e. The van der Waals surface area contributed by atoms with Gasteiger partial charge in [0.25, 0.3) is 0 Å². The number of aromatic carboxylic acids is 1. The smallest absolute Gasteiger partial charge is 0.335 e. The van der Waals surface area contributed by atoms with Gasteiger partial charge in [0.15, 0.2) is 0 Å². The topological polar surface area (TPSA) is 58.6 Å². The van der Waals surface area contributed by atoms with E-state index in [4.69, 9.17) is 9.84 Å². The lowest BCUT2D eigenvalue weighted by Crippen LogP contribution is -2.05. The van der Waals surface area contributed by atoms with Gasteiger partial charge in [-0.25, -0.2) is 9.18 Å². The van der Waals surface area contributed by atoms with Crippen LogP contribution in [0.4, 0.5) is 10.1 Å². The lowest BCUT2D eigenvalue weighted by Gasteiger charge is -2.14. The van der Waals surface area contributed by atoms with Crippen molar-refractivity contribution in [3.8, 4) is 5.75 Å². The van der Waals surface area contributed by atoms with E-state index in [-0.39, 0.29) is 18.0 Å². The van der Waals surface area contributed by atoms with Gasteiger partial charge in [0, 0.05) is 22.3 Å². The summed E-state index contributed by atoms with van der Waals surface area (Å²) in [5, 5.41) is 12.3. The maximum atomic E-state index is 13.3. The van der Waals surface area contributed by atoms with Gasteiger partial charge in [-0.2, -0.15) is 0 Å². The van der Waals surface area contributed by atoms with Crippen molar-refractivity contribution in [2.75, 3.05) is 5.32 Å². The Morgan fingerprint density at radius 1 is 1.07 bits per heavy atom. The Kier molecular flexibility index (Phi) is 6.08. The number of rotatable bonds is 7. The second kappa shape index (κ2) is 8.68. The molecule has 0 atom stereocenters. The van der Waals surface area contributed by atoms with Crippen LogP contribution >= 0.6 is 15.9 Å². The molecule has 138 valence electrons. The van der Waals surface area contributed by atoms with Crippen molar-refractivity contribution in [3.05, 3.63) is 93.7 Å². The number of benzene rings is 3. The summed E-state index contributed by atoms with van der Waals surface area (Å²) < 4.78 is 20.1. The lowest BCUT2D eigenvalue weighted by molar-refractivity contribution is 0.0697. The number of carboxylic acids is 1. The molecule has 0 aliphatic carbocycles. The number of anilines is 1. The summed E-state index contributed by atoms with van der Waals surface area (Å²) in [6.07, 6.45) is 0. The van der Waals surface area contributed by atoms with Crippen LogP contribution in [0.5, 0.6) is 5.75 Å². The highest BCUT2D eigenvalue weighted by Crippen LogP contribution is 2.25. The SMILES string of the molecule is O=C(O)c1cccc(NCc2cc(Br)ccc2OCc2cccc(F)c2)c1. The van der Waals surface area contributed by atoms with Gasteiger partial charge in [-0.3, -0.25) is 0 Å². The van der Waals surface area contributed by atoms with E-state index in [0.717, 1.165) is 15.6 Å². The van der Waals surface area contributed by atoms with Crippen LogP contribution in [0.3, 0.4) is 0 Å². The Morgan fingerprint density at radius 2 is 1.89 bits per heavy atom. The van der Waals surface area contributed by atoms with Crippen LogP contribution in [0, 0.1) is 5.82 Å². The molecule has 2 N–H and O–H groups in total. The van der Waals surface area contributed by atoms with Crippen molar-refractivity contribution in [2.24, 2.45) is 0 Å². The first kappa shape index (κ1) is 18.9. The summed E-state index contributed by atoms with van der Waals surface area (Å²) in [6, 6.07) is 18.5. The molecule has 0 saturated heterocycles. The van der Waals surface area contributed by atoms with Crippen molar-refractivity contribution in [1.29, 1.82) is 0 Å². The van der Waals surface area contributed by atoms with Crippen LogP contribution < -0.4 is 10.1 Å². The molecule has 0 aliphatic heterocycles. The molecule has 0 radical (unpaired) electrons. The highest BCUT2D eigenvalue weighted by atomic mass is 79.9. The summed E-state index contributed by atoms with van der Waals surface area (Å²) in [4.78, 5) is 11.1. The number of ether oxygens (including phenoxy) is 1. The van der Waals surface area contributed by atoms with E-state index >= 15 is 0 Å². The molecule has 0 amide bonds. The fourth-order valence-corrected chi connectivity index (χ4v) is 2.98. The third-order valence-electron chi connectivity index (χ3n) is 3.90. The zero-order valence-corrected chi connectivity index (χ0v) is 15.9. The van der Waals surface area contributed by atoms with E-state index < -0.39 is 5.97 Å². The third-order valence-corrected chi connectivity index (χ3v) is 4.39. The van der Waals surface area contributed by atoms with Gasteiger partial charge in [-0.1, -0.05) is 34.1 Å². The number of hydrogen-bond donors (Lipinski definition) is 2. The zero-order valence-electron chi connectivity index (χ0n) is 14.3. The fourth-order valence-electron chi connectivity index (χ4n) is 2.57. The molecular weight excluding hydrogens is 413 g/mol. The normalized spacial score (nSPS) is 10.4. The standard InChI is InChI=1S/C21H17BrFNO3/c22-17-7-8-20(27-13-14-3-1-5-18(23)9-14)16(10-17)12-24-19-6-2-4-15(11-19)21(25)26/h1-11,24H,12-13H2,(H,25,26). The Morgan fingerprint density at radius 3 is 2.67 bits per heavy atom. The highest BCUT2D eigenvalue weighted by Gasteiger charge is 2.08. The number of halogens is 2. The molecule has 3 aromatic carbocycles. The predicted octanol–water partition coefficient (Wildman–Crippen LogP) is 5.48. The van der Waals surface area contributed by atoms with E-state index in [1.807, 2.05) is 18.2 Å². The summed E-state index contributed by atoms with van der Waals surface area (Å²) in [5.74, 6) is -0.600. The van der Waals surface area contributed by atoms with Crippen molar-refractivity contribution in [2.45, 2.75) is 13.2 Å². The van der Waals surface area contributed by atoms with Crippen LogP contribution in [0.2, 0.25) is 0 Å². The fraction of sp³-hybridized carbons (Fsp3) is 0.0952. The van der Waals surface area contributed by atoms with E-state index in [2.05, 4.69) is 21.2 Å². The van der Waals surface area contributed by atoms with Gasteiger partial charge in [-0.05, 0) is 54.1 Å². The molecule has 4 nitrogen and oxygen atoms in total. The maximum absolute atomic E-state index is 13.3. The Hall–Kier alpha value is -2.86. The molecule has 3 aromatic rings. The second-order valence-corrected chi connectivity index (χ2v) is 6.83. The molecule has 6 heteroatoms. The molecule has 0 spiro atoms. The number of carboxylic acid groups (broad SMARTS) is 1. The molecule has 0 fully saturated rings. The minimum atomic E-state index is -0.972. The zero-order chi connectivity index (χ0) is 19.2. The minimum absolute atomic E-state index is 0.219. The van der Waals surface area contributed by atoms with Gasteiger partial charge in [0.2, 0.25) is 0 Å². The highest BCUT2D eigenvalue weighted by molar-refractivity contribution is 9.10. The Balaban J connectivity index is 1.72. The summed E-state index contributed by atoms with van der Waals surface area (Å²) in [6.45, 7) is 0.696. The summed E-state index contributed by atoms with van der Waals surface area (Å²) >= 11 is 3.45. The van der Waals surface area contributed by atoms with Gasteiger partial charge in [0.1, 0.15) is 18.2 Å². The minimum Gasteiger partial charge on any atom is -0.489 e. The average Bonchev–Trinajstić information content (AvgIpc) is 2.66. The van der Waals surface area contributed by atoms with E-state index in [9.17, 15) is 9.18 Å². The molecule has 0 saturated carbocycles. The van der Waals surface area contributed by atoms with Crippen LogP contribution in [0.1, 0.15) is 21.5 Å². The molecule has 0 aromatic heterocycles. The van der Waals surface area contributed by atoms with Gasteiger partial charge < -0.3 is 15.2 Å². The lowest BCUT2D eigenvalue weighted by atomic mass is 10.1. The summed E-state index contributed by atoms with van der Waals surface area (Å²) in [5.41, 5.74) is 2.55. The Labute approximate surface area is 164 Å². The van der Waals surface area contributed by atoms with Crippen LogP contribution in [0.15, 0.2) is 71.2 Å². The molecule has 0 aliphatic rings. The van der Waals surface area contributed by atoms with Crippen LogP contribution in [-0.2, 0) is 13.2 Å².